The number of amides is 1. The summed E-state index contributed by atoms with van der Waals surface area (Å²) in [4.78, 5) is 17.0. The third kappa shape index (κ3) is 4.01. The van der Waals surface area contributed by atoms with E-state index < -0.39 is 0 Å². The summed E-state index contributed by atoms with van der Waals surface area (Å²) in [7, 11) is 0. The number of aryl methyl sites for hydroxylation is 1. The van der Waals surface area contributed by atoms with E-state index >= 15 is 0 Å². The van der Waals surface area contributed by atoms with Gasteiger partial charge in [-0.15, -0.1) is 22.0 Å². The van der Waals surface area contributed by atoms with Crippen molar-refractivity contribution in [1.29, 1.82) is 0 Å². The first-order valence-corrected chi connectivity index (χ1v) is 10.8. The predicted molar refractivity (Wildman–Crippen MR) is 103 cm³/mol. The maximum Gasteiger partial charge on any atom is 0.254 e. The third-order valence-corrected chi connectivity index (χ3v) is 6.12. The van der Waals surface area contributed by atoms with E-state index in [9.17, 15) is 4.79 Å². The zero-order chi connectivity index (χ0) is 18.6. The summed E-state index contributed by atoms with van der Waals surface area (Å²) in [5.74, 6) is 2.53. The van der Waals surface area contributed by atoms with Crippen molar-refractivity contribution < 1.29 is 9.53 Å². The molecule has 0 radical (unpaired) electrons. The number of hydrogen-bond donors (Lipinski definition) is 1. The van der Waals surface area contributed by atoms with Gasteiger partial charge in [-0.25, -0.2) is 4.98 Å². The molecule has 2 aliphatic heterocycles. The Balaban J connectivity index is 1.43. The maximum absolute atomic E-state index is 12.7. The van der Waals surface area contributed by atoms with Crippen molar-refractivity contribution in [2.45, 2.75) is 55.6 Å². The number of aromatic nitrogens is 4. The van der Waals surface area contributed by atoms with Gasteiger partial charge in [0, 0.05) is 44.3 Å². The Morgan fingerprint density at radius 1 is 1.26 bits per heavy atom. The summed E-state index contributed by atoms with van der Waals surface area (Å²) in [6, 6.07) is 3.78. The molecule has 1 fully saturated rings. The Hall–Kier alpha value is -1.93. The summed E-state index contributed by atoms with van der Waals surface area (Å²) in [6.45, 7) is 2.45. The first-order valence-electron chi connectivity index (χ1n) is 9.56. The van der Waals surface area contributed by atoms with Gasteiger partial charge in [-0.1, -0.05) is 0 Å². The highest BCUT2D eigenvalue weighted by molar-refractivity contribution is 7.98. The number of pyridine rings is 1. The average Bonchev–Trinajstić information content (AvgIpc) is 3.03. The summed E-state index contributed by atoms with van der Waals surface area (Å²) in [5, 5.41) is 12.9. The lowest BCUT2D eigenvalue weighted by molar-refractivity contribution is 0.0826. The fraction of sp³-hybridized carbons (Fsp3) is 0.579. The van der Waals surface area contributed by atoms with Gasteiger partial charge in [0.15, 0.2) is 0 Å². The molecule has 4 rings (SSSR count). The van der Waals surface area contributed by atoms with Crippen LogP contribution >= 0.6 is 11.8 Å². The number of thioether (sulfide) groups is 1. The Morgan fingerprint density at radius 3 is 2.93 bits per heavy atom. The molecule has 2 aliphatic rings. The molecule has 2 aromatic rings. The zero-order valence-corrected chi connectivity index (χ0v) is 16.4. The molecule has 4 heterocycles. The van der Waals surface area contributed by atoms with Gasteiger partial charge in [0.25, 0.3) is 5.91 Å². The SMILES string of the molecule is CSc1ncccc1C(=O)NC1CCc2nnc(C3CCOCC3)n2CC1. The van der Waals surface area contributed by atoms with E-state index in [1.165, 1.54) is 11.8 Å². The minimum absolute atomic E-state index is 0.0419. The number of ether oxygens (including phenoxy) is 1. The van der Waals surface area contributed by atoms with Crippen LogP contribution in [0.5, 0.6) is 0 Å². The largest absolute Gasteiger partial charge is 0.381 e. The quantitative estimate of drug-likeness (QED) is 0.812. The molecule has 0 aliphatic carbocycles. The molecule has 144 valence electrons. The second-order valence-corrected chi connectivity index (χ2v) is 7.87. The monoisotopic (exact) mass is 387 g/mol. The molecule has 8 heteroatoms. The van der Waals surface area contributed by atoms with Crippen LogP contribution in [0.4, 0.5) is 0 Å². The molecule has 27 heavy (non-hydrogen) atoms. The van der Waals surface area contributed by atoms with Crippen LogP contribution in [0.1, 0.15) is 53.6 Å². The van der Waals surface area contributed by atoms with E-state index in [4.69, 9.17) is 4.74 Å². The van der Waals surface area contributed by atoms with Gasteiger partial charge < -0.3 is 14.6 Å². The van der Waals surface area contributed by atoms with Crippen molar-refractivity contribution in [3.63, 3.8) is 0 Å². The van der Waals surface area contributed by atoms with E-state index in [0.717, 1.165) is 68.5 Å². The second kappa shape index (κ2) is 8.39. The van der Waals surface area contributed by atoms with Gasteiger partial charge in [0.2, 0.25) is 0 Å². The van der Waals surface area contributed by atoms with Gasteiger partial charge in [-0.2, -0.15) is 0 Å². The molecule has 1 unspecified atom stereocenters. The van der Waals surface area contributed by atoms with E-state index in [1.807, 2.05) is 18.4 Å². The van der Waals surface area contributed by atoms with Gasteiger partial charge in [0.1, 0.15) is 16.7 Å². The summed E-state index contributed by atoms with van der Waals surface area (Å²) in [6.07, 6.45) is 8.29. The average molecular weight is 388 g/mol. The molecule has 0 bridgehead atoms. The van der Waals surface area contributed by atoms with Crippen LogP contribution in [-0.4, -0.2) is 51.2 Å². The third-order valence-electron chi connectivity index (χ3n) is 5.40. The number of hydrogen-bond acceptors (Lipinski definition) is 6. The molecule has 1 N–H and O–H groups in total. The summed E-state index contributed by atoms with van der Waals surface area (Å²) >= 11 is 1.49. The highest BCUT2D eigenvalue weighted by Gasteiger charge is 2.27. The minimum atomic E-state index is -0.0419. The fourth-order valence-electron chi connectivity index (χ4n) is 3.90. The van der Waals surface area contributed by atoms with Crippen LogP contribution < -0.4 is 5.32 Å². The van der Waals surface area contributed by atoms with Crippen LogP contribution in [0.3, 0.4) is 0 Å². The first kappa shape index (κ1) is 18.4. The van der Waals surface area contributed by atoms with E-state index in [0.29, 0.717) is 11.5 Å². The molecule has 1 saturated heterocycles. The van der Waals surface area contributed by atoms with Crippen LogP contribution in [0.15, 0.2) is 23.4 Å². The van der Waals surface area contributed by atoms with Crippen LogP contribution in [0.25, 0.3) is 0 Å². The number of carbonyl (C=O) groups excluding carboxylic acids is 1. The summed E-state index contributed by atoms with van der Waals surface area (Å²) in [5.41, 5.74) is 0.650. The van der Waals surface area contributed by atoms with Crippen LogP contribution in [0, 0.1) is 0 Å². The van der Waals surface area contributed by atoms with Gasteiger partial charge >= 0.3 is 0 Å². The Morgan fingerprint density at radius 2 is 2.11 bits per heavy atom. The Bertz CT molecular complexity index is 803. The molecule has 0 aromatic carbocycles. The van der Waals surface area contributed by atoms with E-state index in [1.54, 1.807) is 6.20 Å². The normalized spacial score (nSPS) is 20.7. The minimum Gasteiger partial charge on any atom is -0.381 e. The summed E-state index contributed by atoms with van der Waals surface area (Å²) < 4.78 is 7.75. The van der Waals surface area contributed by atoms with Crippen molar-refractivity contribution >= 4 is 17.7 Å². The van der Waals surface area contributed by atoms with Crippen molar-refractivity contribution in [3.8, 4) is 0 Å². The van der Waals surface area contributed by atoms with Gasteiger partial charge in [-0.3, -0.25) is 4.79 Å². The molecule has 1 amide bonds. The molecule has 0 saturated carbocycles. The number of nitrogens with one attached hydrogen (secondary N) is 1. The van der Waals surface area contributed by atoms with Crippen LogP contribution in [-0.2, 0) is 17.7 Å². The number of fused-ring (bicyclic) bond motifs is 1. The molecular formula is C19H25N5O2S. The lowest BCUT2D eigenvalue weighted by Crippen LogP contribution is -2.35. The van der Waals surface area contributed by atoms with Gasteiger partial charge in [-0.05, 0) is 44.1 Å². The lowest BCUT2D eigenvalue weighted by atomic mass is 9.99. The molecule has 2 aromatic heterocycles. The smallest absolute Gasteiger partial charge is 0.254 e. The maximum atomic E-state index is 12.7. The van der Waals surface area contributed by atoms with E-state index in [-0.39, 0.29) is 11.9 Å². The number of carbonyl (C=O) groups is 1. The lowest BCUT2D eigenvalue weighted by Gasteiger charge is -2.22. The Labute approximate surface area is 163 Å². The van der Waals surface area contributed by atoms with Crippen molar-refractivity contribution in [2.24, 2.45) is 0 Å². The predicted octanol–water partition coefficient (Wildman–Crippen LogP) is 2.42. The molecule has 1 atom stereocenters. The van der Waals surface area contributed by atoms with Crippen molar-refractivity contribution in [3.05, 3.63) is 35.5 Å². The highest BCUT2D eigenvalue weighted by atomic mass is 32.2. The molecule has 0 spiro atoms. The van der Waals surface area contributed by atoms with Gasteiger partial charge in [0.05, 0.1) is 5.56 Å². The molecular weight excluding hydrogens is 362 g/mol. The molecule has 7 nitrogen and oxygen atoms in total. The van der Waals surface area contributed by atoms with Crippen LogP contribution in [0.2, 0.25) is 0 Å². The first-order chi connectivity index (χ1) is 13.3. The Kier molecular flexibility index (Phi) is 5.73. The zero-order valence-electron chi connectivity index (χ0n) is 15.6. The second-order valence-electron chi connectivity index (χ2n) is 7.07. The van der Waals surface area contributed by atoms with Crippen molar-refractivity contribution in [2.75, 3.05) is 19.5 Å². The van der Waals surface area contributed by atoms with E-state index in [2.05, 4.69) is 25.1 Å². The topological polar surface area (TPSA) is 81.9 Å². The highest BCUT2D eigenvalue weighted by Crippen LogP contribution is 2.28. The number of rotatable bonds is 4. The van der Waals surface area contributed by atoms with Crippen molar-refractivity contribution in [1.82, 2.24) is 25.1 Å². The standard InChI is InChI=1S/C19H25N5O2S/c1-27-19-15(3-2-9-20-19)18(25)21-14-4-5-16-22-23-17(24(16)10-6-14)13-7-11-26-12-8-13/h2-3,9,13-14H,4-8,10-12H2,1H3,(H,21,25). The number of nitrogens with zero attached hydrogens (tertiary/aromatic N) is 4. The fourth-order valence-corrected chi connectivity index (χ4v) is 4.45.